The van der Waals surface area contributed by atoms with Crippen molar-refractivity contribution in [2.75, 3.05) is 0 Å². The second-order valence-electron chi connectivity index (χ2n) is 2.55. The number of fused-ring (bicyclic) bond motifs is 1. The summed E-state index contributed by atoms with van der Waals surface area (Å²) in [6.07, 6.45) is 0. The second-order valence-corrected chi connectivity index (χ2v) is 3.46. The first kappa shape index (κ1) is 7.95. The highest BCUT2D eigenvalue weighted by molar-refractivity contribution is 7.17. The van der Waals surface area contributed by atoms with Gasteiger partial charge in [0.25, 0.3) is 5.56 Å². The van der Waals surface area contributed by atoms with Gasteiger partial charge in [0.15, 0.2) is 0 Å². The molecule has 0 N–H and O–H groups in total. The summed E-state index contributed by atoms with van der Waals surface area (Å²) >= 11 is 1.34. The zero-order valence-electron chi connectivity index (χ0n) is 6.81. The molecule has 2 heterocycles. The minimum atomic E-state index is -0.156. The van der Waals surface area contributed by atoms with Crippen molar-refractivity contribution >= 4 is 21.6 Å². The molecule has 2 aromatic heterocycles. The van der Waals surface area contributed by atoms with Gasteiger partial charge in [-0.25, -0.2) is 4.98 Å². The fraction of sp³-hybridized carbons (Fsp3) is 0.125. The molecule has 0 atom stereocenters. The summed E-state index contributed by atoms with van der Waals surface area (Å²) in [4.78, 5) is 15.6. The van der Waals surface area contributed by atoms with Crippen molar-refractivity contribution in [2.45, 2.75) is 0 Å². The molecule has 0 aliphatic heterocycles. The van der Waals surface area contributed by atoms with Gasteiger partial charge in [-0.05, 0) is 11.4 Å². The van der Waals surface area contributed by atoms with E-state index in [2.05, 4.69) is 4.98 Å². The zero-order chi connectivity index (χ0) is 9.42. The second kappa shape index (κ2) is 2.68. The molecule has 0 amide bonds. The molecular formula is C8H5N3OS. The standard InChI is InChI=1S/C8H5N3OS/c1-11-6(4-9)10-5-2-3-13-7(5)8(11)12/h2-3H,1H3. The average Bonchev–Trinajstić information content (AvgIpc) is 2.59. The Labute approximate surface area is 77.7 Å². The van der Waals surface area contributed by atoms with E-state index in [4.69, 9.17) is 5.26 Å². The van der Waals surface area contributed by atoms with Crippen LogP contribution in [-0.2, 0) is 7.05 Å². The van der Waals surface area contributed by atoms with Crippen LogP contribution >= 0.6 is 11.3 Å². The lowest BCUT2D eigenvalue weighted by molar-refractivity contribution is 0.823. The first-order valence-electron chi connectivity index (χ1n) is 3.58. The highest BCUT2D eigenvalue weighted by Crippen LogP contribution is 2.13. The van der Waals surface area contributed by atoms with Gasteiger partial charge in [0, 0.05) is 7.05 Å². The summed E-state index contributed by atoms with van der Waals surface area (Å²) in [5.74, 6) is 0.149. The normalized spacial score (nSPS) is 10.2. The largest absolute Gasteiger partial charge is 0.286 e. The fourth-order valence-corrected chi connectivity index (χ4v) is 1.89. The van der Waals surface area contributed by atoms with Gasteiger partial charge in [0.2, 0.25) is 5.82 Å². The van der Waals surface area contributed by atoms with Gasteiger partial charge < -0.3 is 0 Å². The summed E-state index contributed by atoms with van der Waals surface area (Å²) in [6.45, 7) is 0. The quantitative estimate of drug-likeness (QED) is 0.620. The van der Waals surface area contributed by atoms with Gasteiger partial charge in [0.05, 0.1) is 5.52 Å². The van der Waals surface area contributed by atoms with Crippen molar-refractivity contribution in [3.05, 3.63) is 27.6 Å². The molecule has 2 rings (SSSR count). The lowest BCUT2D eigenvalue weighted by Crippen LogP contribution is -2.19. The molecule has 0 spiro atoms. The lowest BCUT2D eigenvalue weighted by atomic mass is 10.4. The summed E-state index contributed by atoms with van der Waals surface area (Å²) in [6, 6.07) is 3.61. The van der Waals surface area contributed by atoms with Crippen LogP contribution in [0.3, 0.4) is 0 Å². The van der Waals surface area contributed by atoms with Crippen LogP contribution in [0, 0.1) is 11.3 Å². The molecule has 13 heavy (non-hydrogen) atoms. The maximum absolute atomic E-state index is 11.6. The fourth-order valence-electron chi connectivity index (χ4n) is 1.09. The smallest absolute Gasteiger partial charge is 0.272 e. The summed E-state index contributed by atoms with van der Waals surface area (Å²) in [5.41, 5.74) is 0.446. The van der Waals surface area contributed by atoms with Crippen LogP contribution in [0.15, 0.2) is 16.2 Å². The third-order valence-corrected chi connectivity index (χ3v) is 2.68. The Balaban J connectivity index is 3.03. The molecular weight excluding hydrogens is 186 g/mol. The Kier molecular flexibility index (Phi) is 1.64. The van der Waals surface area contributed by atoms with Crippen LogP contribution in [0.4, 0.5) is 0 Å². The summed E-state index contributed by atoms with van der Waals surface area (Å²) in [5, 5.41) is 10.5. The molecule has 0 aliphatic carbocycles. The Hall–Kier alpha value is -1.67. The van der Waals surface area contributed by atoms with Crippen molar-refractivity contribution in [1.29, 1.82) is 5.26 Å². The first-order valence-corrected chi connectivity index (χ1v) is 4.46. The topological polar surface area (TPSA) is 58.7 Å². The van der Waals surface area contributed by atoms with E-state index >= 15 is 0 Å². The number of rotatable bonds is 0. The highest BCUT2D eigenvalue weighted by Gasteiger charge is 2.07. The van der Waals surface area contributed by atoms with Crippen LogP contribution in [-0.4, -0.2) is 9.55 Å². The van der Waals surface area contributed by atoms with E-state index in [1.165, 1.54) is 15.9 Å². The van der Waals surface area contributed by atoms with Gasteiger partial charge in [-0.3, -0.25) is 9.36 Å². The lowest BCUT2D eigenvalue weighted by Gasteiger charge is -1.98. The van der Waals surface area contributed by atoms with E-state index in [1.54, 1.807) is 18.5 Å². The van der Waals surface area contributed by atoms with E-state index in [1.807, 2.05) is 6.07 Å². The third kappa shape index (κ3) is 1.03. The minimum absolute atomic E-state index is 0.149. The molecule has 2 aromatic rings. The van der Waals surface area contributed by atoms with Gasteiger partial charge in [-0.1, -0.05) is 0 Å². The molecule has 0 saturated heterocycles. The Morgan fingerprint density at radius 2 is 2.46 bits per heavy atom. The maximum Gasteiger partial charge on any atom is 0.272 e. The zero-order valence-corrected chi connectivity index (χ0v) is 7.63. The molecule has 0 aliphatic rings. The molecule has 0 fully saturated rings. The molecule has 4 nitrogen and oxygen atoms in total. The Morgan fingerprint density at radius 1 is 1.69 bits per heavy atom. The van der Waals surface area contributed by atoms with E-state index in [0.717, 1.165) is 0 Å². The molecule has 64 valence electrons. The monoisotopic (exact) mass is 191 g/mol. The van der Waals surface area contributed by atoms with Crippen LogP contribution in [0.25, 0.3) is 10.2 Å². The van der Waals surface area contributed by atoms with Crippen molar-refractivity contribution in [3.63, 3.8) is 0 Å². The van der Waals surface area contributed by atoms with E-state index < -0.39 is 0 Å². The van der Waals surface area contributed by atoms with Gasteiger partial charge in [-0.2, -0.15) is 5.26 Å². The Morgan fingerprint density at radius 3 is 3.15 bits per heavy atom. The average molecular weight is 191 g/mol. The van der Waals surface area contributed by atoms with E-state index in [-0.39, 0.29) is 11.4 Å². The molecule has 5 heteroatoms. The third-order valence-electron chi connectivity index (χ3n) is 1.79. The Bertz CT molecular complexity index is 561. The number of thiophene rings is 1. The molecule has 0 radical (unpaired) electrons. The number of nitriles is 1. The van der Waals surface area contributed by atoms with Crippen LogP contribution in [0.2, 0.25) is 0 Å². The van der Waals surface area contributed by atoms with Gasteiger partial charge in [-0.15, -0.1) is 11.3 Å². The highest BCUT2D eigenvalue weighted by atomic mass is 32.1. The molecule has 0 unspecified atom stereocenters. The van der Waals surface area contributed by atoms with Gasteiger partial charge in [0.1, 0.15) is 10.8 Å². The number of aromatic nitrogens is 2. The predicted octanol–water partition coefficient (Wildman–Crippen LogP) is 0.867. The van der Waals surface area contributed by atoms with Crippen LogP contribution in [0.5, 0.6) is 0 Å². The molecule has 0 aromatic carbocycles. The van der Waals surface area contributed by atoms with Crippen molar-refractivity contribution in [3.8, 4) is 6.07 Å². The number of nitrogens with zero attached hydrogens (tertiary/aromatic N) is 3. The maximum atomic E-state index is 11.6. The van der Waals surface area contributed by atoms with E-state index in [9.17, 15) is 4.79 Å². The number of hydrogen-bond donors (Lipinski definition) is 0. The molecule has 0 bridgehead atoms. The predicted molar refractivity (Wildman–Crippen MR) is 49.6 cm³/mol. The minimum Gasteiger partial charge on any atom is -0.286 e. The van der Waals surface area contributed by atoms with Crippen LogP contribution < -0.4 is 5.56 Å². The van der Waals surface area contributed by atoms with E-state index in [0.29, 0.717) is 10.2 Å². The van der Waals surface area contributed by atoms with Crippen molar-refractivity contribution in [2.24, 2.45) is 7.05 Å². The summed E-state index contributed by atoms with van der Waals surface area (Å²) in [7, 11) is 1.55. The number of hydrogen-bond acceptors (Lipinski definition) is 4. The van der Waals surface area contributed by atoms with Crippen molar-refractivity contribution < 1.29 is 0 Å². The van der Waals surface area contributed by atoms with Crippen LogP contribution in [0.1, 0.15) is 5.82 Å². The first-order chi connectivity index (χ1) is 6.24. The van der Waals surface area contributed by atoms with Gasteiger partial charge >= 0.3 is 0 Å². The van der Waals surface area contributed by atoms with Crippen molar-refractivity contribution in [1.82, 2.24) is 9.55 Å². The SMILES string of the molecule is Cn1c(C#N)nc2ccsc2c1=O. The summed E-state index contributed by atoms with van der Waals surface area (Å²) < 4.78 is 1.86. The molecule has 0 saturated carbocycles.